The van der Waals surface area contributed by atoms with Crippen LogP contribution >= 0.6 is 0 Å². The van der Waals surface area contributed by atoms with Crippen LogP contribution in [0, 0.1) is 0 Å². The van der Waals surface area contributed by atoms with Crippen molar-refractivity contribution in [2.24, 2.45) is 0 Å². The van der Waals surface area contributed by atoms with E-state index in [9.17, 15) is 4.79 Å². The molecule has 0 N–H and O–H groups in total. The van der Waals surface area contributed by atoms with Gasteiger partial charge in [0.25, 0.3) is 0 Å². The standard InChI is InChI=1S/C18H24N4O5/c1-5-27-18(23)22-8-6-21(7-9-22)17-12-10-13(24-2)15(25-3)16(26-4)14(12)19-11-20-17/h10-11H,5-9H2,1-4H3. The highest BCUT2D eigenvalue weighted by atomic mass is 16.6. The molecule has 1 amide bonds. The summed E-state index contributed by atoms with van der Waals surface area (Å²) in [5.74, 6) is 2.30. The molecule has 0 aliphatic carbocycles. The zero-order chi connectivity index (χ0) is 19.4. The zero-order valence-electron chi connectivity index (χ0n) is 16.0. The minimum atomic E-state index is -0.280. The molecule has 0 unspecified atom stereocenters. The predicted octanol–water partition coefficient (Wildman–Crippen LogP) is 1.93. The van der Waals surface area contributed by atoms with Crippen LogP contribution in [0.3, 0.4) is 0 Å². The van der Waals surface area contributed by atoms with Crippen molar-refractivity contribution in [1.29, 1.82) is 0 Å². The molecule has 0 saturated carbocycles. The van der Waals surface area contributed by atoms with Crippen LogP contribution in [0.1, 0.15) is 6.92 Å². The Morgan fingerprint density at radius 2 is 1.74 bits per heavy atom. The average Bonchev–Trinajstić information content (AvgIpc) is 2.71. The molecular formula is C18H24N4O5. The van der Waals surface area contributed by atoms with Gasteiger partial charge in [-0.3, -0.25) is 0 Å². The van der Waals surface area contributed by atoms with Crippen molar-refractivity contribution in [2.75, 3.05) is 59.0 Å². The van der Waals surface area contributed by atoms with Gasteiger partial charge < -0.3 is 28.7 Å². The number of carbonyl (C=O) groups is 1. The highest BCUT2D eigenvalue weighted by Crippen LogP contribution is 2.44. The molecule has 3 rings (SSSR count). The van der Waals surface area contributed by atoms with E-state index in [0.717, 1.165) is 11.2 Å². The van der Waals surface area contributed by atoms with E-state index in [0.29, 0.717) is 55.6 Å². The monoisotopic (exact) mass is 376 g/mol. The fourth-order valence-corrected chi connectivity index (χ4v) is 3.22. The molecule has 1 aromatic carbocycles. The maximum Gasteiger partial charge on any atom is 0.409 e. The Labute approximate surface area is 157 Å². The van der Waals surface area contributed by atoms with Crippen LogP contribution in [0.25, 0.3) is 10.9 Å². The molecule has 146 valence electrons. The Hall–Kier alpha value is -2.97. The van der Waals surface area contributed by atoms with Crippen LogP contribution in [0.4, 0.5) is 10.6 Å². The Morgan fingerprint density at radius 3 is 2.33 bits per heavy atom. The molecule has 1 saturated heterocycles. The molecule has 1 fully saturated rings. The molecule has 9 heteroatoms. The van der Waals surface area contributed by atoms with E-state index < -0.39 is 0 Å². The number of carbonyl (C=O) groups excluding carboxylic acids is 1. The van der Waals surface area contributed by atoms with Gasteiger partial charge in [-0.15, -0.1) is 0 Å². The van der Waals surface area contributed by atoms with Crippen molar-refractivity contribution in [3.63, 3.8) is 0 Å². The van der Waals surface area contributed by atoms with Crippen molar-refractivity contribution in [2.45, 2.75) is 6.92 Å². The number of benzene rings is 1. The van der Waals surface area contributed by atoms with E-state index in [-0.39, 0.29) is 6.09 Å². The number of piperazine rings is 1. The number of fused-ring (bicyclic) bond motifs is 1. The summed E-state index contributed by atoms with van der Waals surface area (Å²) in [6.07, 6.45) is 1.22. The van der Waals surface area contributed by atoms with Crippen molar-refractivity contribution < 1.29 is 23.7 Å². The van der Waals surface area contributed by atoms with E-state index in [4.69, 9.17) is 18.9 Å². The van der Waals surface area contributed by atoms with E-state index in [1.54, 1.807) is 33.2 Å². The molecule has 9 nitrogen and oxygen atoms in total. The molecule has 0 atom stereocenters. The molecule has 0 spiro atoms. The maximum atomic E-state index is 11.9. The number of ether oxygens (including phenoxy) is 4. The number of hydrogen-bond donors (Lipinski definition) is 0. The number of amides is 1. The smallest absolute Gasteiger partial charge is 0.409 e. The number of methoxy groups -OCH3 is 3. The summed E-state index contributed by atoms with van der Waals surface area (Å²) < 4.78 is 21.5. The number of hydrogen-bond acceptors (Lipinski definition) is 8. The van der Waals surface area contributed by atoms with Crippen molar-refractivity contribution in [3.8, 4) is 17.2 Å². The first-order valence-corrected chi connectivity index (χ1v) is 8.74. The van der Waals surface area contributed by atoms with Gasteiger partial charge in [-0.2, -0.15) is 0 Å². The molecule has 0 bridgehead atoms. The lowest BCUT2D eigenvalue weighted by molar-refractivity contribution is 0.105. The van der Waals surface area contributed by atoms with Gasteiger partial charge in [-0.05, 0) is 13.0 Å². The Balaban J connectivity index is 1.95. The zero-order valence-corrected chi connectivity index (χ0v) is 16.0. The van der Waals surface area contributed by atoms with E-state index in [2.05, 4.69) is 14.9 Å². The maximum absolute atomic E-state index is 11.9. The predicted molar refractivity (Wildman–Crippen MR) is 100 cm³/mol. The fourth-order valence-electron chi connectivity index (χ4n) is 3.22. The van der Waals surface area contributed by atoms with Gasteiger partial charge in [0.2, 0.25) is 5.75 Å². The molecule has 2 heterocycles. The summed E-state index contributed by atoms with van der Waals surface area (Å²) in [5.41, 5.74) is 0.646. The van der Waals surface area contributed by atoms with Crippen LogP contribution in [0.5, 0.6) is 17.2 Å². The van der Waals surface area contributed by atoms with E-state index in [1.165, 1.54) is 6.33 Å². The van der Waals surface area contributed by atoms with Crippen molar-refractivity contribution >= 4 is 22.8 Å². The van der Waals surface area contributed by atoms with E-state index in [1.807, 2.05) is 6.07 Å². The van der Waals surface area contributed by atoms with Gasteiger partial charge in [0, 0.05) is 26.2 Å². The topological polar surface area (TPSA) is 86.3 Å². The molecular weight excluding hydrogens is 352 g/mol. The average molecular weight is 376 g/mol. The number of aromatic nitrogens is 2. The minimum absolute atomic E-state index is 0.280. The Morgan fingerprint density at radius 1 is 1.04 bits per heavy atom. The van der Waals surface area contributed by atoms with Crippen LogP contribution in [0.15, 0.2) is 12.4 Å². The molecule has 1 aliphatic rings. The fraction of sp³-hybridized carbons (Fsp3) is 0.500. The summed E-state index contributed by atoms with van der Waals surface area (Å²) in [6.45, 7) is 4.58. The molecule has 1 aliphatic heterocycles. The molecule has 27 heavy (non-hydrogen) atoms. The van der Waals surface area contributed by atoms with Gasteiger partial charge in [0.15, 0.2) is 11.5 Å². The third kappa shape index (κ3) is 3.49. The minimum Gasteiger partial charge on any atom is -0.493 e. The second-order valence-corrected chi connectivity index (χ2v) is 5.91. The molecule has 2 aromatic rings. The second kappa shape index (κ2) is 8.15. The first-order valence-electron chi connectivity index (χ1n) is 8.74. The quantitative estimate of drug-likeness (QED) is 0.782. The van der Waals surface area contributed by atoms with Crippen LogP contribution in [-0.4, -0.2) is 75.1 Å². The summed E-state index contributed by atoms with van der Waals surface area (Å²) in [6, 6.07) is 1.85. The van der Waals surface area contributed by atoms with Crippen molar-refractivity contribution in [3.05, 3.63) is 12.4 Å². The van der Waals surface area contributed by atoms with Crippen LogP contribution in [0.2, 0.25) is 0 Å². The normalized spacial score (nSPS) is 14.2. The third-order valence-corrected chi connectivity index (χ3v) is 4.52. The summed E-state index contributed by atoms with van der Waals surface area (Å²) in [4.78, 5) is 24.6. The number of anilines is 1. The van der Waals surface area contributed by atoms with Crippen LogP contribution < -0.4 is 19.1 Å². The largest absolute Gasteiger partial charge is 0.493 e. The summed E-state index contributed by atoms with van der Waals surface area (Å²) in [5, 5.41) is 0.802. The van der Waals surface area contributed by atoms with Gasteiger partial charge in [0.05, 0.1) is 33.3 Å². The van der Waals surface area contributed by atoms with Gasteiger partial charge in [-0.1, -0.05) is 0 Å². The Kier molecular flexibility index (Phi) is 5.68. The first kappa shape index (κ1) is 18.8. The summed E-state index contributed by atoms with van der Waals surface area (Å²) >= 11 is 0. The second-order valence-electron chi connectivity index (χ2n) is 5.91. The van der Waals surface area contributed by atoms with Crippen molar-refractivity contribution in [1.82, 2.24) is 14.9 Å². The first-order chi connectivity index (χ1) is 13.1. The summed E-state index contributed by atoms with van der Waals surface area (Å²) in [7, 11) is 4.70. The molecule has 0 radical (unpaired) electrons. The van der Waals surface area contributed by atoms with Crippen LogP contribution in [-0.2, 0) is 4.74 Å². The third-order valence-electron chi connectivity index (χ3n) is 4.52. The highest BCUT2D eigenvalue weighted by molar-refractivity contribution is 5.97. The highest BCUT2D eigenvalue weighted by Gasteiger charge is 2.26. The van der Waals surface area contributed by atoms with Gasteiger partial charge >= 0.3 is 6.09 Å². The Bertz CT molecular complexity index is 821. The van der Waals surface area contributed by atoms with Gasteiger partial charge in [0.1, 0.15) is 17.7 Å². The lowest BCUT2D eigenvalue weighted by atomic mass is 10.1. The number of rotatable bonds is 5. The van der Waals surface area contributed by atoms with E-state index >= 15 is 0 Å². The van der Waals surface area contributed by atoms with Gasteiger partial charge in [-0.25, -0.2) is 14.8 Å². The SMILES string of the molecule is CCOC(=O)N1CCN(c2ncnc3c(OC)c(OC)c(OC)cc23)CC1. The number of nitrogens with zero attached hydrogens (tertiary/aromatic N) is 4. The lowest BCUT2D eigenvalue weighted by Gasteiger charge is -2.35. The lowest BCUT2D eigenvalue weighted by Crippen LogP contribution is -2.49. The molecule has 1 aromatic heterocycles.